The topological polar surface area (TPSA) is 73.7 Å². The van der Waals surface area contributed by atoms with Crippen LogP contribution >= 0.6 is 23.2 Å². The third-order valence-corrected chi connectivity index (χ3v) is 5.57. The van der Waals surface area contributed by atoms with Crippen LogP contribution in [-0.2, 0) is 20.8 Å². The lowest BCUT2D eigenvalue weighted by Gasteiger charge is -2.33. The van der Waals surface area contributed by atoms with Gasteiger partial charge in [-0.05, 0) is 45.7 Å². The van der Waals surface area contributed by atoms with E-state index in [0.717, 1.165) is 11.3 Å². The number of hydrogen-bond donors (Lipinski definition) is 0. The molecule has 1 fully saturated rings. The molecule has 0 bridgehead atoms. The second-order valence-electron chi connectivity index (χ2n) is 8.13. The van der Waals surface area contributed by atoms with Gasteiger partial charge in [-0.25, -0.2) is 9.78 Å². The number of imidazole rings is 1. The van der Waals surface area contributed by atoms with Crippen LogP contribution in [0.15, 0.2) is 12.1 Å². The molecule has 0 spiro atoms. The van der Waals surface area contributed by atoms with E-state index in [4.69, 9.17) is 37.7 Å². The average molecular weight is 442 g/mol. The number of esters is 1. The lowest BCUT2D eigenvalue weighted by molar-refractivity contribution is -0.141. The SMILES string of the molecule is COC(=O)Cn1c(C2CCN(C(=O)OC(C)(C)C)CC2)nc2cc(Cl)c(Cl)cc21. The Hall–Kier alpha value is -1.99. The van der Waals surface area contributed by atoms with Crippen LogP contribution in [0, 0.1) is 0 Å². The molecule has 7 nitrogen and oxygen atoms in total. The molecule has 158 valence electrons. The fourth-order valence-electron chi connectivity index (χ4n) is 3.46. The number of hydrogen-bond acceptors (Lipinski definition) is 5. The van der Waals surface area contributed by atoms with Gasteiger partial charge in [0.05, 0.1) is 28.2 Å². The van der Waals surface area contributed by atoms with Crippen LogP contribution in [0.1, 0.15) is 45.4 Å². The summed E-state index contributed by atoms with van der Waals surface area (Å²) in [7, 11) is 1.35. The van der Waals surface area contributed by atoms with Gasteiger partial charge in [0.25, 0.3) is 0 Å². The summed E-state index contributed by atoms with van der Waals surface area (Å²) < 4.78 is 12.1. The number of ether oxygens (including phenoxy) is 2. The van der Waals surface area contributed by atoms with Gasteiger partial charge in [0.1, 0.15) is 18.0 Å². The number of halogens is 2. The number of fused-ring (bicyclic) bond motifs is 1. The fourth-order valence-corrected chi connectivity index (χ4v) is 3.77. The summed E-state index contributed by atoms with van der Waals surface area (Å²) in [4.78, 5) is 30.7. The number of rotatable bonds is 3. The number of piperidine rings is 1. The van der Waals surface area contributed by atoms with Gasteiger partial charge in [0.15, 0.2) is 0 Å². The fraction of sp³-hybridized carbons (Fsp3) is 0.550. The van der Waals surface area contributed by atoms with Crippen molar-refractivity contribution in [2.75, 3.05) is 20.2 Å². The maximum Gasteiger partial charge on any atom is 0.410 e. The molecule has 0 N–H and O–H groups in total. The van der Waals surface area contributed by atoms with Gasteiger partial charge >= 0.3 is 12.1 Å². The van der Waals surface area contributed by atoms with Gasteiger partial charge in [-0.1, -0.05) is 23.2 Å². The Labute approximate surface area is 179 Å². The van der Waals surface area contributed by atoms with Gasteiger partial charge in [0.2, 0.25) is 0 Å². The molecule has 3 rings (SSSR count). The van der Waals surface area contributed by atoms with Crippen molar-refractivity contribution in [1.29, 1.82) is 0 Å². The minimum atomic E-state index is -0.527. The van der Waals surface area contributed by atoms with E-state index in [9.17, 15) is 9.59 Å². The van der Waals surface area contributed by atoms with Crippen molar-refractivity contribution >= 4 is 46.3 Å². The first-order valence-corrected chi connectivity index (χ1v) is 10.2. The van der Waals surface area contributed by atoms with E-state index >= 15 is 0 Å². The van der Waals surface area contributed by atoms with Gasteiger partial charge in [0, 0.05) is 19.0 Å². The summed E-state index contributed by atoms with van der Waals surface area (Å²) in [5.41, 5.74) is 0.878. The van der Waals surface area contributed by atoms with Gasteiger partial charge in [-0.3, -0.25) is 4.79 Å². The summed E-state index contributed by atoms with van der Waals surface area (Å²) >= 11 is 12.3. The Kier molecular flexibility index (Phi) is 6.29. The molecule has 1 amide bonds. The van der Waals surface area contributed by atoms with E-state index in [1.165, 1.54) is 7.11 Å². The Morgan fingerprint density at radius 3 is 2.38 bits per heavy atom. The van der Waals surface area contributed by atoms with E-state index in [1.54, 1.807) is 17.0 Å². The molecule has 2 aromatic rings. The Bertz CT molecular complexity index is 928. The van der Waals surface area contributed by atoms with Crippen molar-refractivity contribution in [3.63, 3.8) is 0 Å². The molecule has 0 atom stereocenters. The molecule has 29 heavy (non-hydrogen) atoms. The van der Waals surface area contributed by atoms with Crippen molar-refractivity contribution in [2.24, 2.45) is 0 Å². The van der Waals surface area contributed by atoms with Crippen molar-refractivity contribution in [2.45, 2.75) is 51.7 Å². The molecule has 0 saturated carbocycles. The number of aromatic nitrogens is 2. The zero-order valence-corrected chi connectivity index (χ0v) is 18.5. The Morgan fingerprint density at radius 1 is 1.17 bits per heavy atom. The molecule has 9 heteroatoms. The highest BCUT2D eigenvalue weighted by atomic mass is 35.5. The van der Waals surface area contributed by atoms with Crippen LogP contribution in [0.3, 0.4) is 0 Å². The molecule has 0 unspecified atom stereocenters. The quantitative estimate of drug-likeness (QED) is 0.648. The molecule has 1 aromatic carbocycles. The van der Waals surface area contributed by atoms with Crippen LogP contribution in [0.25, 0.3) is 11.0 Å². The van der Waals surface area contributed by atoms with Crippen LogP contribution in [0.4, 0.5) is 4.79 Å². The number of carbonyl (C=O) groups excluding carboxylic acids is 2. The molecule has 1 saturated heterocycles. The number of benzene rings is 1. The monoisotopic (exact) mass is 441 g/mol. The van der Waals surface area contributed by atoms with Gasteiger partial charge < -0.3 is 18.9 Å². The smallest absolute Gasteiger partial charge is 0.410 e. The molecule has 0 radical (unpaired) electrons. The Balaban J connectivity index is 1.85. The summed E-state index contributed by atoms with van der Waals surface area (Å²) in [6.07, 6.45) is 1.12. The number of carbonyl (C=O) groups is 2. The molecule has 2 heterocycles. The Morgan fingerprint density at radius 2 is 1.79 bits per heavy atom. The molecular weight excluding hydrogens is 417 g/mol. The maximum atomic E-state index is 12.3. The number of likely N-dealkylation sites (tertiary alicyclic amines) is 1. The first-order chi connectivity index (χ1) is 13.6. The van der Waals surface area contributed by atoms with Crippen molar-refractivity contribution in [1.82, 2.24) is 14.5 Å². The van der Waals surface area contributed by atoms with Crippen molar-refractivity contribution in [3.8, 4) is 0 Å². The summed E-state index contributed by atoms with van der Waals surface area (Å²) in [6, 6.07) is 3.42. The highest BCUT2D eigenvalue weighted by Crippen LogP contribution is 2.34. The zero-order valence-electron chi connectivity index (χ0n) is 17.0. The third-order valence-electron chi connectivity index (χ3n) is 4.85. The molecule has 1 aromatic heterocycles. The van der Waals surface area contributed by atoms with Crippen molar-refractivity contribution in [3.05, 3.63) is 28.0 Å². The van der Waals surface area contributed by atoms with E-state index in [0.29, 0.717) is 41.5 Å². The van der Waals surface area contributed by atoms with E-state index < -0.39 is 5.60 Å². The number of methoxy groups -OCH3 is 1. The first-order valence-electron chi connectivity index (χ1n) is 9.49. The molecular formula is C20H25Cl2N3O4. The van der Waals surface area contributed by atoms with Gasteiger partial charge in [-0.15, -0.1) is 0 Å². The lowest BCUT2D eigenvalue weighted by atomic mass is 9.96. The summed E-state index contributed by atoms with van der Waals surface area (Å²) in [5, 5.41) is 0.810. The second kappa shape index (κ2) is 8.40. The van der Waals surface area contributed by atoms with Crippen LogP contribution < -0.4 is 0 Å². The molecule has 0 aliphatic carbocycles. The van der Waals surface area contributed by atoms with E-state index in [-0.39, 0.29) is 24.5 Å². The van der Waals surface area contributed by atoms with E-state index in [2.05, 4.69) is 0 Å². The van der Waals surface area contributed by atoms with Crippen LogP contribution in [0.5, 0.6) is 0 Å². The van der Waals surface area contributed by atoms with Crippen molar-refractivity contribution < 1.29 is 19.1 Å². The van der Waals surface area contributed by atoms with Crippen LogP contribution in [0.2, 0.25) is 10.0 Å². The average Bonchev–Trinajstić information content (AvgIpc) is 2.98. The highest BCUT2D eigenvalue weighted by Gasteiger charge is 2.30. The maximum absolute atomic E-state index is 12.3. The third kappa shape index (κ3) is 4.95. The standard InChI is InChI=1S/C20H25Cl2N3O4/c1-20(2,3)29-19(27)24-7-5-12(6-8-24)18-23-15-9-13(21)14(22)10-16(15)25(18)11-17(26)28-4/h9-10,12H,5-8,11H2,1-4H3. The first kappa shape index (κ1) is 21.7. The summed E-state index contributed by atoms with van der Waals surface area (Å²) in [6.45, 7) is 6.70. The zero-order chi connectivity index (χ0) is 21.3. The predicted molar refractivity (Wildman–Crippen MR) is 112 cm³/mol. The lowest BCUT2D eigenvalue weighted by Crippen LogP contribution is -2.41. The van der Waals surface area contributed by atoms with Crippen LogP contribution in [-0.4, -0.2) is 52.3 Å². The predicted octanol–water partition coefficient (Wildman–Crippen LogP) is 4.63. The minimum Gasteiger partial charge on any atom is -0.468 e. The van der Waals surface area contributed by atoms with E-state index in [1.807, 2.05) is 25.3 Å². The minimum absolute atomic E-state index is 0.0343. The second-order valence-corrected chi connectivity index (χ2v) is 8.94. The highest BCUT2D eigenvalue weighted by molar-refractivity contribution is 6.42. The normalized spacial score (nSPS) is 15.6. The summed E-state index contributed by atoms with van der Waals surface area (Å²) in [5.74, 6) is 0.485. The molecule has 1 aliphatic rings. The molecule has 1 aliphatic heterocycles. The number of nitrogens with zero attached hydrogens (tertiary/aromatic N) is 3. The number of amides is 1. The largest absolute Gasteiger partial charge is 0.468 e. The van der Waals surface area contributed by atoms with Gasteiger partial charge in [-0.2, -0.15) is 0 Å².